The van der Waals surface area contributed by atoms with Crippen LogP contribution >= 0.6 is 0 Å². The van der Waals surface area contributed by atoms with Gasteiger partial charge in [-0.25, -0.2) is 4.39 Å². The minimum atomic E-state index is -0.198. The van der Waals surface area contributed by atoms with Gasteiger partial charge in [0.1, 0.15) is 5.82 Å². The van der Waals surface area contributed by atoms with Gasteiger partial charge >= 0.3 is 0 Å². The summed E-state index contributed by atoms with van der Waals surface area (Å²) < 4.78 is 13.3. The van der Waals surface area contributed by atoms with Crippen LogP contribution in [0, 0.1) is 5.82 Å². The van der Waals surface area contributed by atoms with E-state index in [1.807, 2.05) is 0 Å². The summed E-state index contributed by atoms with van der Waals surface area (Å²) in [5.41, 5.74) is 7.57. The lowest BCUT2D eigenvalue weighted by Gasteiger charge is -2.42. The molecule has 2 aliphatic heterocycles. The summed E-state index contributed by atoms with van der Waals surface area (Å²) in [6, 6.07) is 5.87. The van der Waals surface area contributed by atoms with Crippen molar-refractivity contribution in [3.05, 3.63) is 29.6 Å². The van der Waals surface area contributed by atoms with Gasteiger partial charge in [-0.3, -0.25) is 9.80 Å². The first-order valence-corrected chi connectivity index (χ1v) is 7.15. The van der Waals surface area contributed by atoms with Crippen molar-refractivity contribution in [2.75, 3.05) is 25.4 Å². The first-order valence-electron chi connectivity index (χ1n) is 7.15. The second-order valence-electron chi connectivity index (χ2n) is 5.91. The molecule has 2 fully saturated rings. The van der Waals surface area contributed by atoms with Crippen LogP contribution in [0.3, 0.4) is 0 Å². The lowest BCUT2D eigenvalue weighted by atomic mass is 10.1. The Bertz CT molecular complexity index is 463. The van der Waals surface area contributed by atoms with Crippen LogP contribution < -0.4 is 5.73 Å². The predicted molar refractivity (Wildman–Crippen MR) is 75.3 cm³/mol. The number of nitrogens with zero attached hydrogens (tertiary/aromatic N) is 2. The number of hydrogen-bond donors (Lipinski definition) is 1. The van der Waals surface area contributed by atoms with E-state index in [2.05, 4.69) is 16.7 Å². The molecule has 0 saturated carbocycles. The summed E-state index contributed by atoms with van der Waals surface area (Å²) in [5.74, 6) is -0.198. The van der Waals surface area contributed by atoms with E-state index in [4.69, 9.17) is 5.73 Å². The lowest BCUT2D eigenvalue weighted by molar-refractivity contribution is 0.0541. The van der Waals surface area contributed by atoms with Crippen LogP contribution in [0.2, 0.25) is 0 Å². The third kappa shape index (κ3) is 2.60. The second kappa shape index (κ2) is 5.10. The predicted octanol–water partition coefficient (Wildman–Crippen LogP) is 2.08. The van der Waals surface area contributed by atoms with E-state index >= 15 is 0 Å². The highest BCUT2D eigenvalue weighted by Gasteiger charge is 2.34. The molecule has 19 heavy (non-hydrogen) atoms. The van der Waals surface area contributed by atoms with E-state index < -0.39 is 0 Å². The van der Waals surface area contributed by atoms with Gasteiger partial charge in [-0.1, -0.05) is 0 Å². The van der Waals surface area contributed by atoms with Gasteiger partial charge in [-0.05, 0) is 50.1 Å². The van der Waals surface area contributed by atoms with Crippen molar-refractivity contribution < 1.29 is 4.39 Å². The maximum atomic E-state index is 13.3. The fraction of sp³-hybridized carbons (Fsp3) is 0.600. The van der Waals surface area contributed by atoms with E-state index in [1.54, 1.807) is 12.1 Å². The first-order chi connectivity index (χ1) is 9.13. The highest BCUT2D eigenvalue weighted by atomic mass is 19.1. The van der Waals surface area contributed by atoms with E-state index in [1.165, 1.54) is 25.5 Å². The molecule has 0 spiro atoms. The van der Waals surface area contributed by atoms with Crippen LogP contribution in [0.15, 0.2) is 18.2 Å². The van der Waals surface area contributed by atoms with Crippen LogP contribution in [0.4, 0.5) is 10.1 Å². The molecular weight excluding hydrogens is 241 g/mol. The van der Waals surface area contributed by atoms with E-state index in [-0.39, 0.29) is 5.82 Å². The quantitative estimate of drug-likeness (QED) is 0.829. The molecule has 0 bridgehead atoms. The Hall–Kier alpha value is -1.13. The molecule has 1 aromatic rings. The number of benzene rings is 1. The SMILES string of the molecule is CC1CN2CCCC2CN1Cc1cc(F)ccc1N. The molecular formula is C15H22FN3. The Balaban J connectivity index is 1.73. The van der Waals surface area contributed by atoms with Crippen LogP contribution in [0.25, 0.3) is 0 Å². The molecule has 2 heterocycles. The van der Waals surface area contributed by atoms with Gasteiger partial charge in [0, 0.05) is 37.4 Å². The maximum Gasteiger partial charge on any atom is 0.123 e. The number of rotatable bonds is 2. The summed E-state index contributed by atoms with van der Waals surface area (Å²) >= 11 is 0. The molecule has 2 unspecified atom stereocenters. The molecule has 3 rings (SSSR count). The number of nitrogen functional groups attached to an aromatic ring is 1. The second-order valence-corrected chi connectivity index (χ2v) is 5.91. The summed E-state index contributed by atoms with van der Waals surface area (Å²) in [4.78, 5) is 5.04. The Morgan fingerprint density at radius 3 is 3.05 bits per heavy atom. The van der Waals surface area contributed by atoms with Gasteiger partial charge in [0.25, 0.3) is 0 Å². The third-order valence-electron chi connectivity index (χ3n) is 4.54. The molecule has 2 atom stereocenters. The summed E-state index contributed by atoms with van der Waals surface area (Å²) in [6.45, 7) is 6.46. The maximum absolute atomic E-state index is 13.3. The van der Waals surface area contributed by atoms with E-state index in [9.17, 15) is 4.39 Å². The molecule has 3 nitrogen and oxygen atoms in total. The molecule has 0 amide bonds. The monoisotopic (exact) mass is 263 g/mol. The van der Waals surface area contributed by atoms with Crippen LogP contribution in [-0.4, -0.2) is 41.5 Å². The van der Waals surface area contributed by atoms with Gasteiger partial charge in [-0.2, -0.15) is 0 Å². The zero-order valence-electron chi connectivity index (χ0n) is 11.5. The van der Waals surface area contributed by atoms with Crippen molar-refractivity contribution in [2.24, 2.45) is 0 Å². The fourth-order valence-corrected chi connectivity index (χ4v) is 3.40. The average Bonchev–Trinajstić information content (AvgIpc) is 2.81. The minimum Gasteiger partial charge on any atom is -0.398 e. The van der Waals surface area contributed by atoms with Gasteiger partial charge in [0.15, 0.2) is 0 Å². The van der Waals surface area contributed by atoms with Crippen molar-refractivity contribution >= 4 is 5.69 Å². The standard InChI is InChI=1S/C15H22FN3/c1-11-8-18-6-2-3-14(18)10-19(11)9-12-7-13(16)4-5-15(12)17/h4-5,7,11,14H,2-3,6,8-10,17H2,1H3. The molecule has 104 valence electrons. The lowest BCUT2D eigenvalue weighted by Crippen LogP contribution is -2.54. The molecule has 0 radical (unpaired) electrons. The highest BCUT2D eigenvalue weighted by molar-refractivity contribution is 5.46. The molecule has 0 aromatic heterocycles. The van der Waals surface area contributed by atoms with Gasteiger partial charge < -0.3 is 5.73 Å². The van der Waals surface area contributed by atoms with Crippen LogP contribution in [0.5, 0.6) is 0 Å². The smallest absolute Gasteiger partial charge is 0.123 e. The zero-order valence-corrected chi connectivity index (χ0v) is 11.5. The number of fused-ring (bicyclic) bond motifs is 1. The topological polar surface area (TPSA) is 32.5 Å². The normalized spacial score (nSPS) is 28.5. The number of anilines is 1. The third-order valence-corrected chi connectivity index (χ3v) is 4.54. The fourth-order valence-electron chi connectivity index (χ4n) is 3.40. The largest absolute Gasteiger partial charge is 0.398 e. The number of hydrogen-bond acceptors (Lipinski definition) is 3. The van der Waals surface area contributed by atoms with Crippen molar-refractivity contribution in [3.8, 4) is 0 Å². The Morgan fingerprint density at radius 2 is 2.21 bits per heavy atom. The van der Waals surface area contributed by atoms with Gasteiger partial charge in [0.2, 0.25) is 0 Å². The molecule has 1 aromatic carbocycles. The zero-order chi connectivity index (χ0) is 13.4. The summed E-state index contributed by atoms with van der Waals surface area (Å²) in [5, 5.41) is 0. The van der Waals surface area contributed by atoms with Crippen LogP contribution in [-0.2, 0) is 6.54 Å². The van der Waals surface area contributed by atoms with Gasteiger partial charge in [-0.15, -0.1) is 0 Å². The molecule has 2 N–H and O–H groups in total. The number of nitrogens with two attached hydrogens (primary N) is 1. The molecule has 2 aliphatic rings. The van der Waals surface area contributed by atoms with E-state index in [0.717, 1.165) is 25.2 Å². The molecule has 2 saturated heterocycles. The van der Waals surface area contributed by atoms with Crippen molar-refractivity contribution in [1.82, 2.24) is 9.80 Å². The highest BCUT2D eigenvalue weighted by Crippen LogP contribution is 2.26. The Morgan fingerprint density at radius 1 is 1.37 bits per heavy atom. The van der Waals surface area contributed by atoms with Crippen LogP contribution in [0.1, 0.15) is 25.3 Å². The number of piperazine rings is 1. The minimum absolute atomic E-state index is 0.198. The molecule has 4 heteroatoms. The van der Waals surface area contributed by atoms with Crippen molar-refractivity contribution in [2.45, 2.75) is 38.4 Å². The summed E-state index contributed by atoms with van der Waals surface area (Å²) in [6.07, 6.45) is 2.61. The first kappa shape index (κ1) is 12.9. The van der Waals surface area contributed by atoms with Crippen molar-refractivity contribution in [1.29, 1.82) is 0 Å². The van der Waals surface area contributed by atoms with Crippen molar-refractivity contribution in [3.63, 3.8) is 0 Å². The van der Waals surface area contributed by atoms with Gasteiger partial charge in [0.05, 0.1) is 0 Å². The average molecular weight is 263 g/mol. The van der Waals surface area contributed by atoms with E-state index in [0.29, 0.717) is 17.8 Å². The summed E-state index contributed by atoms with van der Waals surface area (Å²) in [7, 11) is 0. The Labute approximate surface area is 114 Å². The Kier molecular flexibility index (Phi) is 3.46. The number of halogens is 1. The molecule has 0 aliphatic carbocycles.